The normalized spacial score (nSPS) is 21.9. The van der Waals surface area contributed by atoms with E-state index in [4.69, 9.17) is 10.6 Å². The van der Waals surface area contributed by atoms with Crippen LogP contribution in [0.15, 0.2) is 18.5 Å². The molecule has 2 atom stereocenters. The Labute approximate surface area is 115 Å². The lowest BCUT2D eigenvalue weighted by Gasteiger charge is -2.16. The minimum atomic E-state index is 0.120. The van der Waals surface area contributed by atoms with Gasteiger partial charge in [-0.2, -0.15) is 20.1 Å². The van der Waals surface area contributed by atoms with Crippen molar-refractivity contribution >= 4 is 11.9 Å². The number of rotatable bonds is 4. The average molecular weight is 276 g/mol. The van der Waals surface area contributed by atoms with Gasteiger partial charge in [0.15, 0.2) is 0 Å². The van der Waals surface area contributed by atoms with Crippen LogP contribution in [0.4, 0.5) is 11.9 Å². The Morgan fingerprint density at radius 3 is 2.85 bits per heavy atom. The summed E-state index contributed by atoms with van der Waals surface area (Å²) in [6.07, 6.45) is 4.43. The van der Waals surface area contributed by atoms with Gasteiger partial charge >= 0.3 is 0 Å². The standard InChI is InChI=1S/C11H16N8O/c1-7-8(3-6-20-7)14-9-15-10(18-12)17-11(16-9)19-5-2-4-13-19/h2,4-5,7-8H,3,6,12H2,1H3,(H2,14,15,16,17,18). The van der Waals surface area contributed by atoms with E-state index in [0.717, 1.165) is 13.0 Å². The second-order valence-corrected chi connectivity index (χ2v) is 4.49. The summed E-state index contributed by atoms with van der Waals surface area (Å²) in [6.45, 7) is 2.75. The summed E-state index contributed by atoms with van der Waals surface area (Å²) < 4.78 is 7.05. The van der Waals surface area contributed by atoms with Crippen molar-refractivity contribution in [2.24, 2.45) is 5.84 Å². The molecule has 1 aliphatic rings. The fourth-order valence-electron chi connectivity index (χ4n) is 2.07. The lowest BCUT2D eigenvalue weighted by atomic mass is 10.2. The molecule has 4 N–H and O–H groups in total. The highest BCUT2D eigenvalue weighted by atomic mass is 16.5. The first-order chi connectivity index (χ1) is 9.76. The van der Waals surface area contributed by atoms with Gasteiger partial charge in [0.1, 0.15) is 0 Å². The maximum atomic E-state index is 5.51. The summed E-state index contributed by atoms with van der Waals surface area (Å²) in [5.74, 6) is 6.51. The van der Waals surface area contributed by atoms with E-state index in [0.29, 0.717) is 11.9 Å². The van der Waals surface area contributed by atoms with Crippen molar-refractivity contribution < 1.29 is 4.74 Å². The molecule has 0 bridgehead atoms. The lowest BCUT2D eigenvalue weighted by Crippen LogP contribution is -2.28. The third-order valence-electron chi connectivity index (χ3n) is 3.15. The molecule has 0 spiro atoms. The number of aromatic nitrogens is 5. The fraction of sp³-hybridized carbons (Fsp3) is 0.455. The van der Waals surface area contributed by atoms with Crippen LogP contribution in [0.3, 0.4) is 0 Å². The number of nitrogen functional groups attached to an aromatic ring is 1. The molecule has 2 aromatic rings. The summed E-state index contributed by atoms with van der Waals surface area (Å²) in [4.78, 5) is 12.7. The number of anilines is 2. The smallest absolute Gasteiger partial charge is 0.257 e. The largest absolute Gasteiger partial charge is 0.376 e. The van der Waals surface area contributed by atoms with Gasteiger partial charge in [0.05, 0.1) is 12.1 Å². The quantitative estimate of drug-likeness (QED) is 0.525. The van der Waals surface area contributed by atoms with Crippen LogP contribution in [0.5, 0.6) is 0 Å². The third kappa shape index (κ3) is 2.53. The van der Waals surface area contributed by atoms with Gasteiger partial charge in [-0.15, -0.1) is 0 Å². The van der Waals surface area contributed by atoms with E-state index in [9.17, 15) is 0 Å². The molecule has 0 amide bonds. The van der Waals surface area contributed by atoms with Crippen LogP contribution in [-0.2, 0) is 4.74 Å². The maximum absolute atomic E-state index is 5.51. The van der Waals surface area contributed by atoms with Crippen LogP contribution >= 0.6 is 0 Å². The predicted octanol–water partition coefficient (Wildman–Crippen LogP) is -0.0678. The molecule has 106 valence electrons. The number of hydrogen-bond acceptors (Lipinski definition) is 8. The Hall–Kier alpha value is -2.26. The molecule has 3 heterocycles. The molecule has 0 aliphatic carbocycles. The van der Waals surface area contributed by atoms with Crippen LogP contribution < -0.4 is 16.6 Å². The third-order valence-corrected chi connectivity index (χ3v) is 3.15. The molecule has 1 fully saturated rings. The molecule has 1 saturated heterocycles. The first-order valence-electron chi connectivity index (χ1n) is 6.37. The highest BCUT2D eigenvalue weighted by Gasteiger charge is 2.25. The van der Waals surface area contributed by atoms with Crippen molar-refractivity contribution in [1.29, 1.82) is 0 Å². The van der Waals surface area contributed by atoms with Gasteiger partial charge in [-0.1, -0.05) is 0 Å². The minimum absolute atomic E-state index is 0.120. The number of ether oxygens (including phenoxy) is 1. The number of hydrogen-bond donors (Lipinski definition) is 3. The van der Waals surface area contributed by atoms with E-state index < -0.39 is 0 Å². The number of nitrogens with two attached hydrogens (primary N) is 1. The molecule has 2 unspecified atom stereocenters. The summed E-state index contributed by atoms with van der Waals surface area (Å²) in [7, 11) is 0. The van der Waals surface area contributed by atoms with E-state index >= 15 is 0 Å². The predicted molar refractivity (Wildman–Crippen MR) is 72.2 cm³/mol. The van der Waals surface area contributed by atoms with Crippen LogP contribution in [-0.4, -0.2) is 43.5 Å². The molecule has 0 radical (unpaired) electrons. The van der Waals surface area contributed by atoms with E-state index in [-0.39, 0.29) is 18.1 Å². The first-order valence-corrected chi connectivity index (χ1v) is 6.37. The van der Waals surface area contributed by atoms with Crippen molar-refractivity contribution in [2.45, 2.75) is 25.5 Å². The van der Waals surface area contributed by atoms with Gasteiger partial charge in [0.25, 0.3) is 5.95 Å². The minimum Gasteiger partial charge on any atom is -0.376 e. The molecule has 2 aromatic heterocycles. The van der Waals surface area contributed by atoms with Gasteiger partial charge < -0.3 is 10.1 Å². The van der Waals surface area contributed by atoms with Gasteiger partial charge in [0.2, 0.25) is 11.9 Å². The van der Waals surface area contributed by atoms with Crippen LogP contribution in [0.1, 0.15) is 13.3 Å². The molecule has 9 heteroatoms. The Morgan fingerprint density at radius 2 is 2.20 bits per heavy atom. The summed E-state index contributed by atoms with van der Waals surface area (Å²) in [6, 6.07) is 1.97. The topological polar surface area (TPSA) is 116 Å². The van der Waals surface area contributed by atoms with Crippen molar-refractivity contribution in [2.75, 3.05) is 17.3 Å². The monoisotopic (exact) mass is 276 g/mol. The molecular weight excluding hydrogens is 260 g/mol. The Morgan fingerprint density at radius 1 is 1.35 bits per heavy atom. The van der Waals surface area contributed by atoms with Crippen molar-refractivity contribution in [3.63, 3.8) is 0 Å². The zero-order valence-corrected chi connectivity index (χ0v) is 11.0. The summed E-state index contributed by atoms with van der Waals surface area (Å²) >= 11 is 0. The SMILES string of the molecule is CC1OCCC1Nc1nc(NN)nc(-n2cccn2)n1. The van der Waals surface area contributed by atoms with Gasteiger partial charge in [-0.25, -0.2) is 10.5 Å². The summed E-state index contributed by atoms with van der Waals surface area (Å²) in [5.41, 5.74) is 2.43. The molecule has 3 rings (SSSR count). The zero-order chi connectivity index (χ0) is 13.9. The highest BCUT2D eigenvalue weighted by molar-refractivity contribution is 5.38. The zero-order valence-electron chi connectivity index (χ0n) is 11.0. The number of nitrogens with one attached hydrogen (secondary N) is 2. The fourth-order valence-corrected chi connectivity index (χ4v) is 2.07. The average Bonchev–Trinajstić information content (AvgIpc) is 3.11. The van der Waals surface area contributed by atoms with Crippen LogP contribution in [0.25, 0.3) is 5.95 Å². The molecule has 20 heavy (non-hydrogen) atoms. The van der Waals surface area contributed by atoms with Crippen molar-refractivity contribution in [3.8, 4) is 5.95 Å². The molecule has 0 aromatic carbocycles. The summed E-state index contributed by atoms with van der Waals surface area (Å²) in [5, 5.41) is 7.34. The Kier molecular flexibility index (Phi) is 3.44. The Bertz CT molecular complexity index is 572. The van der Waals surface area contributed by atoms with Gasteiger partial charge in [0, 0.05) is 19.0 Å². The molecule has 0 saturated carbocycles. The van der Waals surface area contributed by atoms with E-state index in [1.54, 1.807) is 23.1 Å². The van der Waals surface area contributed by atoms with Crippen LogP contribution in [0.2, 0.25) is 0 Å². The first kappa shape index (κ1) is 12.8. The second-order valence-electron chi connectivity index (χ2n) is 4.49. The number of nitrogens with zero attached hydrogens (tertiary/aromatic N) is 5. The second kappa shape index (κ2) is 5.39. The molecular formula is C11H16N8O. The van der Waals surface area contributed by atoms with Crippen molar-refractivity contribution in [1.82, 2.24) is 24.7 Å². The van der Waals surface area contributed by atoms with Gasteiger partial charge in [-0.05, 0) is 19.4 Å². The van der Waals surface area contributed by atoms with Crippen molar-refractivity contribution in [3.05, 3.63) is 18.5 Å². The number of hydrazine groups is 1. The van der Waals surface area contributed by atoms with E-state index in [2.05, 4.69) is 30.8 Å². The van der Waals surface area contributed by atoms with Crippen LogP contribution in [0, 0.1) is 0 Å². The molecule has 1 aliphatic heterocycles. The molecule has 9 nitrogen and oxygen atoms in total. The Balaban J connectivity index is 1.88. The maximum Gasteiger partial charge on any atom is 0.257 e. The highest BCUT2D eigenvalue weighted by Crippen LogP contribution is 2.17. The van der Waals surface area contributed by atoms with Gasteiger partial charge in [-0.3, -0.25) is 5.43 Å². The van der Waals surface area contributed by atoms with E-state index in [1.807, 2.05) is 6.92 Å². The lowest BCUT2D eigenvalue weighted by molar-refractivity contribution is 0.121. The van der Waals surface area contributed by atoms with E-state index in [1.165, 1.54) is 0 Å².